The molecule has 1 N–H and O–H groups in total. The standard InChI is InChI=1S/C31H40BrNO5Si/c1-28(2,3)39-38-30(6,7)27-23(36-31(8,9)37-27)16-35-18-11-13-21-20(15-18)25(34)24-19-12-10-17(32)14-22(19)33-26(24)29(21,4)5/h10-15,23,27,33H,16,39H2,1-9H3/t23-,27-/m1/s1. The number of benzene rings is 2. The maximum Gasteiger partial charge on any atom is 0.195 e. The van der Waals surface area contributed by atoms with Gasteiger partial charge in [0.25, 0.3) is 0 Å². The fourth-order valence-electron chi connectivity index (χ4n) is 5.70. The van der Waals surface area contributed by atoms with E-state index in [2.05, 4.69) is 69.4 Å². The number of H-pyrrole nitrogens is 1. The lowest BCUT2D eigenvalue weighted by Crippen LogP contribution is -2.48. The Labute approximate surface area is 242 Å². The fourth-order valence-corrected chi connectivity index (χ4v) is 7.03. The van der Waals surface area contributed by atoms with Gasteiger partial charge in [0.2, 0.25) is 0 Å². The Morgan fingerprint density at radius 2 is 1.74 bits per heavy atom. The molecule has 2 aliphatic rings. The zero-order valence-corrected chi connectivity index (χ0v) is 27.5. The van der Waals surface area contributed by atoms with Crippen molar-refractivity contribution < 1.29 is 23.4 Å². The molecule has 39 heavy (non-hydrogen) atoms. The summed E-state index contributed by atoms with van der Waals surface area (Å²) in [6.45, 7) is 19.2. The smallest absolute Gasteiger partial charge is 0.195 e. The second-order valence-electron chi connectivity index (χ2n) is 13.6. The summed E-state index contributed by atoms with van der Waals surface area (Å²) in [4.78, 5) is 17.4. The van der Waals surface area contributed by atoms with Gasteiger partial charge < -0.3 is 23.6 Å². The number of aromatic nitrogens is 1. The van der Waals surface area contributed by atoms with E-state index < -0.39 is 21.2 Å². The summed E-state index contributed by atoms with van der Waals surface area (Å²) in [7, 11) is -0.794. The number of carbonyl (C=O) groups excluding carboxylic acids is 1. The number of nitrogens with one attached hydrogen (secondary N) is 1. The molecule has 0 spiro atoms. The molecule has 0 amide bonds. The lowest BCUT2D eigenvalue weighted by Gasteiger charge is -2.36. The molecule has 3 aromatic rings. The molecule has 210 valence electrons. The van der Waals surface area contributed by atoms with Crippen LogP contribution in [0.2, 0.25) is 5.04 Å². The topological polar surface area (TPSA) is 69.8 Å². The Morgan fingerprint density at radius 3 is 2.44 bits per heavy atom. The molecule has 1 aliphatic carbocycles. The minimum Gasteiger partial charge on any atom is -0.491 e. The summed E-state index contributed by atoms with van der Waals surface area (Å²) >= 11 is 3.55. The van der Waals surface area contributed by atoms with Crippen molar-refractivity contribution in [3.63, 3.8) is 0 Å². The zero-order chi connectivity index (χ0) is 28.5. The maximum atomic E-state index is 13.8. The predicted molar refractivity (Wildman–Crippen MR) is 161 cm³/mol. The highest BCUT2D eigenvalue weighted by atomic mass is 79.9. The maximum absolute atomic E-state index is 13.8. The van der Waals surface area contributed by atoms with Crippen LogP contribution in [0.4, 0.5) is 0 Å². The normalized spacial score (nSPS) is 22.5. The molecule has 0 radical (unpaired) electrons. The van der Waals surface area contributed by atoms with Crippen LogP contribution in [-0.2, 0) is 19.3 Å². The highest BCUT2D eigenvalue weighted by Crippen LogP contribution is 2.45. The molecule has 2 heterocycles. The monoisotopic (exact) mass is 613 g/mol. The number of hydrogen-bond acceptors (Lipinski definition) is 5. The van der Waals surface area contributed by atoms with Gasteiger partial charge in [-0.3, -0.25) is 4.79 Å². The summed E-state index contributed by atoms with van der Waals surface area (Å²) in [5.74, 6) is -0.0857. The molecule has 1 fully saturated rings. The Kier molecular flexibility index (Phi) is 6.99. The van der Waals surface area contributed by atoms with E-state index >= 15 is 0 Å². The van der Waals surface area contributed by atoms with Crippen LogP contribution >= 0.6 is 15.9 Å². The highest BCUT2D eigenvalue weighted by molar-refractivity contribution is 9.10. The quantitative estimate of drug-likeness (QED) is 0.310. The van der Waals surface area contributed by atoms with Crippen LogP contribution in [0.25, 0.3) is 10.9 Å². The first-order valence-corrected chi connectivity index (χ1v) is 15.7. The minimum atomic E-state index is -0.794. The number of carbonyl (C=O) groups is 1. The van der Waals surface area contributed by atoms with Crippen LogP contribution in [-0.4, -0.2) is 50.7 Å². The van der Waals surface area contributed by atoms with E-state index in [4.69, 9.17) is 18.6 Å². The highest BCUT2D eigenvalue weighted by Gasteiger charge is 2.50. The molecule has 1 aromatic heterocycles. The van der Waals surface area contributed by atoms with E-state index in [-0.39, 0.29) is 28.4 Å². The third-order valence-corrected chi connectivity index (χ3v) is 9.93. The van der Waals surface area contributed by atoms with E-state index in [1.165, 1.54) is 0 Å². The van der Waals surface area contributed by atoms with Crippen molar-refractivity contribution >= 4 is 42.4 Å². The average Bonchev–Trinajstić information content (AvgIpc) is 3.37. The van der Waals surface area contributed by atoms with Gasteiger partial charge in [0.1, 0.15) is 24.6 Å². The molecular formula is C31H40BrNO5Si. The molecule has 2 atom stereocenters. The van der Waals surface area contributed by atoms with Crippen LogP contribution in [0.3, 0.4) is 0 Å². The van der Waals surface area contributed by atoms with Crippen LogP contribution in [0.1, 0.15) is 89.5 Å². The van der Waals surface area contributed by atoms with Gasteiger partial charge in [-0.15, -0.1) is 0 Å². The largest absolute Gasteiger partial charge is 0.491 e. The van der Waals surface area contributed by atoms with Gasteiger partial charge in [-0.05, 0) is 62.6 Å². The van der Waals surface area contributed by atoms with Crippen LogP contribution in [0.15, 0.2) is 40.9 Å². The van der Waals surface area contributed by atoms with Crippen molar-refractivity contribution in [3.8, 4) is 5.75 Å². The number of fused-ring (bicyclic) bond motifs is 4. The van der Waals surface area contributed by atoms with E-state index in [0.29, 0.717) is 17.9 Å². The number of rotatable bonds is 6. The Morgan fingerprint density at radius 1 is 1.03 bits per heavy atom. The zero-order valence-electron chi connectivity index (χ0n) is 24.5. The number of hydrogen-bond donors (Lipinski definition) is 1. The predicted octanol–water partition coefficient (Wildman–Crippen LogP) is 6.80. The number of halogens is 1. The fraction of sp³-hybridized carbons (Fsp3) is 0.516. The molecule has 6 nitrogen and oxygen atoms in total. The summed E-state index contributed by atoms with van der Waals surface area (Å²) in [6.07, 6.45) is -0.598. The average molecular weight is 615 g/mol. The summed E-state index contributed by atoms with van der Waals surface area (Å²) in [6, 6.07) is 11.8. The first-order chi connectivity index (χ1) is 18.0. The van der Waals surface area contributed by atoms with Crippen molar-refractivity contribution in [2.24, 2.45) is 0 Å². The van der Waals surface area contributed by atoms with Gasteiger partial charge in [-0.2, -0.15) is 0 Å². The van der Waals surface area contributed by atoms with E-state index in [9.17, 15) is 4.79 Å². The van der Waals surface area contributed by atoms with Gasteiger partial charge in [0.15, 0.2) is 21.3 Å². The summed E-state index contributed by atoms with van der Waals surface area (Å²) in [5.41, 5.74) is 3.42. The molecular weight excluding hydrogens is 574 g/mol. The van der Waals surface area contributed by atoms with Gasteiger partial charge in [-0.25, -0.2) is 0 Å². The van der Waals surface area contributed by atoms with Crippen LogP contribution in [0, 0.1) is 0 Å². The Bertz CT molecular complexity index is 1430. The summed E-state index contributed by atoms with van der Waals surface area (Å²) in [5, 5.41) is 1.11. The molecule has 2 aromatic carbocycles. The molecule has 0 bridgehead atoms. The van der Waals surface area contributed by atoms with Gasteiger partial charge in [0, 0.05) is 32.0 Å². The van der Waals surface area contributed by atoms with Gasteiger partial charge in [-0.1, -0.05) is 62.7 Å². The van der Waals surface area contributed by atoms with Gasteiger partial charge >= 0.3 is 0 Å². The van der Waals surface area contributed by atoms with Crippen molar-refractivity contribution in [1.82, 2.24) is 4.98 Å². The number of ketones is 1. The van der Waals surface area contributed by atoms with E-state index in [0.717, 1.165) is 32.2 Å². The summed E-state index contributed by atoms with van der Waals surface area (Å²) < 4.78 is 26.3. The van der Waals surface area contributed by atoms with Crippen LogP contribution < -0.4 is 4.74 Å². The van der Waals surface area contributed by atoms with Crippen LogP contribution in [0.5, 0.6) is 5.75 Å². The van der Waals surface area contributed by atoms with E-state index in [1.807, 2.05) is 50.2 Å². The lowest BCUT2D eigenvalue weighted by atomic mass is 9.71. The lowest BCUT2D eigenvalue weighted by molar-refractivity contribution is -0.162. The van der Waals surface area contributed by atoms with Crippen molar-refractivity contribution in [1.29, 1.82) is 0 Å². The molecule has 1 aliphatic heterocycles. The molecule has 0 unspecified atom stereocenters. The second-order valence-corrected chi connectivity index (χ2v) is 17.2. The Hall–Kier alpha value is -1.97. The molecule has 5 rings (SSSR count). The van der Waals surface area contributed by atoms with Gasteiger partial charge in [0.05, 0.1) is 11.2 Å². The second kappa shape index (κ2) is 9.55. The molecule has 1 saturated heterocycles. The van der Waals surface area contributed by atoms with Crippen molar-refractivity contribution in [2.45, 2.75) is 96.4 Å². The molecule has 8 heteroatoms. The first-order valence-electron chi connectivity index (χ1n) is 13.6. The number of aromatic amines is 1. The third kappa shape index (κ3) is 5.38. The first kappa shape index (κ1) is 28.6. The Balaban J connectivity index is 1.40. The number of ether oxygens (including phenoxy) is 3. The van der Waals surface area contributed by atoms with Crippen molar-refractivity contribution in [3.05, 3.63) is 63.3 Å². The molecule has 0 saturated carbocycles. The minimum absolute atomic E-state index is 0.0134. The SMILES string of the molecule is CC1(C)O[C@@H](C(C)(C)O[SiH2]C(C)(C)C)[C@@H](COc2ccc3c(c2)C(=O)c2c([nH]c4cc(Br)ccc24)C3(C)C)O1. The van der Waals surface area contributed by atoms with Crippen molar-refractivity contribution in [2.75, 3.05) is 6.61 Å². The van der Waals surface area contributed by atoms with E-state index in [1.54, 1.807) is 0 Å². The third-order valence-electron chi connectivity index (χ3n) is 7.68.